The molecule has 0 aliphatic heterocycles. The molecule has 0 aliphatic carbocycles. The molecule has 0 N–H and O–H groups in total. The predicted molar refractivity (Wildman–Crippen MR) is 69.9 cm³/mol. The molecule has 0 saturated carbocycles. The first kappa shape index (κ1) is 14.6. The molecule has 0 rings (SSSR count). The van der Waals surface area contributed by atoms with Crippen molar-refractivity contribution in [2.45, 2.75) is 25.4 Å². The van der Waals surface area contributed by atoms with Crippen LogP contribution >= 0.6 is 10.0 Å². The van der Waals surface area contributed by atoms with Gasteiger partial charge in [-0.05, 0) is 31.6 Å². The average Bonchev–Trinajstić information content (AvgIpc) is 2.11. The second-order valence-electron chi connectivity index (χ2n) is 4.30. The van der Waals surface area contributed by atoms with Gasteiger partial charge in [-0.25, -0.2) is 4.79 Å². The van der Waals surface area contributed by atoms with Crippen LogP contribution in [0.5, 0.6) is 0 Å². The molecule has 4 heteroatoms. The van der Waals surface area contributed by atoms with Gasteiger partial charge in [-0.15, -0.1) is 0 Å². The van der Waals surface area contributed by atoms with E-state index in [4.69, 9.17) is 12.6 Å². The maximum absolute atomic E-state index is 11.1. The minimum atomic E-state index is -0.752. The molecule has 86 valence electrons. The maximum Gasteiger partial charge on any atom is 0.333 e. The van der Waals surface area contributed by atoms with Gasteiger partial charge in [-0.1, -0.05) is 18.7 Å². The lowest BCUT2D eigenvalue weighted by atomic mass is 10.1. The molecule has 1 unspecified atom stereocenters. The van der Waals surface area contributed by atoms with Gasteiger partial charge in [-0.2, -0.15) is 0 Å². The van der Waals surface area contributed by atoms with Gasteiger partial charge in [-0.3, -0.25) is 10.0 Å². The van der Waals surface area contributed by atoms with Crippen LogP contribution in [0.4, 0.5) is 0 Å². The Morgan fingerprint density at radius 2 is 2.07 bits per heavy atom. The van der Waals surface area contributed by atoms with Crippen molar-refractivity contribution in [1.82, 2.24) is 0 Å². The van der Waals surface area contributed by atoms with E-state index in [1.165, 1.54) is 0 Å². The minimum absolute atomic E-state index is 0.231. The third kappa shape index (κ3) is 5.93. The molecule has 15 heavy (non-hydrogen) atoms. The average molecular weight is 228 g/mol. The highest BCUT2D eigenvalue weighted by molar-refractivity contribution is 8.33. The van der Waals surface area contributed by atoms with Crippen molar-refractivity contribution >= 4 is 23.8 Å². The first-order valence-electron chi connectivity index (χ1n) is 5.05. The summed E-state index contributed by atoms with van der Waals surface area (Å²) in [7, 11) is 5.12. The Labute approximate surface area is 96.2 Å². The fourth-order valence-corrected chi connectivity index (χ4v) is 2.14. The van der Waals surface area contributed by atoms with Crippen molar-refractivity contribution < 1.29 is 9.53 Å². The standard InChI is InChI=1S/C11H21BO2S/c1-9(2)11(13)14-7-6-8-15(4,5)10(3)12/h10H,1,6-8H2,2-5H3. The number of hydrogen-bond donors (Lipinski definition) is 0. The monoisotopic (exact) mass is 228 g/mol. The van der Waals surface area contributed by atoms with Gasteiger partial charge in [0, 0.05) is 5.57 Å². The van der Waals surface area contributed by atoms with Crippen LogP contribution in [0.3, 0.4) is 0 Å². The number of esters is 1. The van der Waals surface area contributed by atoms with Gasteiger partial charge in [0.25, 0.3) is 0 Å². The van der Waals surface area contributed by atoms with Gasteiger partial charge in [0.05, 0.1) is 14.5 Å². The second kappa shape index (κ2) is 6.26. The summed E-state index contributed by atoms with van der Waals surface area (Å²) in [6.07, 6.45) is 5.29. The Hall–Kier alpha value is -0.375. The van der Waals surface area contributed by atoms with Gasteiger partial charge in [0.2, 0.25) is 0 Å². The van der Waals surface area contributed by atoms with Gasteiger partial charge in [0.1, 0.15) is 0 Å². The van der Waals surface area contributed by atoms with E-state index in [-0.39, 0.29) is 11.1 Å². The Balaban J connectivity index is 3.72. The molecule has 0 saturated heterocycles. The molecule has 2 radical (unpaired) electrons. The van der Waals surface area contributed by atoms with E-state index in [1.54, 1.807) is 6.92 Å². The third-order valence-corrected chi connectivity index (χ3v) is 5.76. The quantitative estimate of drug-likeness (QED) is 0.301. The Morgan fingerprint density at radius 1 is 1.53 bits per heavy atom. The number of carbonyl (C=O) groups excluding carboxylic acids is 1. The van der Waals surface area contributed by atoms with E-state index in [9.17, 15) is 4.79 Å². The van der Waals surface area contributed by atoms with Gasteiger partial charge >= 0.3 is 5.97 Å². The molecule has 0 fully saturated rings. The molecule has 0 aliphatic rings. The lowest BCUT2D eigenvalue weighted by molar-refractivity contribution is -0.138. The SMILES string of the molecule is [B]C(C)S(C)(C)CCCOC(=O)C(=C)C. The van der Waals surface area contributed by atoms with Gasteiger partial charge < -0.3 is 4.74 Å². The topological polar surface area (TPSA) is 26.3 Å². The largest absolute Gasteiger partial charge is 0.462 e. The number of rotatable bonds is 6. The van der Waals surface area contributed by atoms with Crippen LogP contribution in [0.2, 0.25) is 0 Å². The fraction of sp³-hybridized carbons (Fsp3) is 0.727. The summed E-state index contributed by atoms with van der Waals surface area (Å²) in [5.41, 5.74) is 0.453. The predicted octanol–water partition coefficient (Wildman–Crippen LogP) is 2.07. The molecular weight excluding hydrogens is 207 g/mol. The first-order valence-corrected chi connectivity index (χ1v) is 7.73. The van der Waals surface area contributed by atoms with E-state index in [0.717, 1.165) is 12.2 Å². The molecule has 0 aromatic rings. The Bertz CT molecular complexity index is 237. The second-order valence-corrected chi connectivity index (χ2v) is 8.70. The number of hydrogen-bond acceptors (Lipinski definition) is 2. The molecule has 0 bridgehead atoms. The van der Waals surface area contributed by atoms with Crippen LogP contribution in [0.15, 0.2) is 12.2 Å². The molecule has 2 nitrogen and oxygen atoms in total. The van der Waals surface area contributed by atoms with E-state index >= 15 is 0 Å². The fourth-order valence-electron chi connectivity index (χ4n) is 0.905. The van der Waals surface area contributed by atoms with Crippen LogP contribution in [-0.4, -0.2) is 43.8 Å². The van der Waals surface area contributed by atoms with Crippen LogP contribution in [0.1, 0.15) is 20.3 Å². The van der Waals surface area contributed by atoms with Crippen molar-refractivity contribution in [3.8, 4) is 0 Å². The minimum Gasteiger partial charge on any atom is -0.462 e. The Kier molecular flexibility index (Phi) is 6.10. The van der Waals surface area contributed by atoms with Crippen molar-refractivity contribution in [3.63, 3.8) is 0 Å². The highest BCUT2D eigenvalue weighted by Crippen LogP contribution is 2.43. The molecule has 1 atom stereocenters. The van der Waals surface area contributed by atoms with Crippen LogP contribution < -0.4 is 0 Å². The summed E-state index contributed by atoms with van der Waals surface area (Å²) in [6.45, 7) is 7.68. The molecule has 0 amide bonds. The van der Waals surface area contributed by atoms with Crippen LogP contribution in [0.25, 0.3) is 0 Å². The van der Waals surface area contributed by atoms with Crippen molar-refractivity contribution in [3.05, 3.63) is 12.2 Å². The third-order valence-electron chi connectivity index (χ3n) is 2.40. The Morgan fingerprint density at radius 3 is 2.47 bits per heavy atom. The van der Waals surface area contributed by atoms with Crippen LogP contribution in [-0.2, 0) is 9.53 Å². The zero-order valence-electron chi connectivity index (χ0n) is 10.2. The summed E-state index contributed by atoms with van der Waals surface area (Å²) in [4.78, 5) is 11.1. The number of ether oxygens (including phenoxy) is 1. The highest BCUT2D eigenvalue weighted by Gasteiger charge is 2.15. The maximum atomic E-state index is 11.1. The molecule has 0 heterocycles. The van der Waals surface area contributed by atoms with Crippen LogP contribution in [0, 0.1) is 0 Å². The van der Waals surface area contributed by atoms with Crippen molar-refractivity contribution in [1.29, 1.82) is 0 Å². The highest BCUT2D eigenvalue weighted by atomic mass is 32.3. The summed E-state index contributed by atoms with van der Waals surface area (Å²) in [6, 6.07) is 0. The van der Waals surface area contributed by atoms with Crippen molar-refractivity contribution in [2.75, 3.05) is 24.9 Å². The van der Waals surface area contributed by atoms with Crippen molar-refractivity contribution in [2.24, 2.45) is 0 Å². The molecule has 0 aromatic carbocycles. The van der Waals surface area contributed by atoms with Gasteiger partial charge in [0.15, 0.2) is 0 Å². The lowest BCUT2D eigenvalue weighted by Crippen LogP contribution is -2.17. The lowest BCUT2D eigenvalue weighted by Gasteiger charge is -2.36. The summed E-state index contributed by atoms with van der Waals surface area (Å²) in [5.74, 6) is 0.734. The number of carbonyl (C=O) groups is 1. The molecule has 0 aromatic heterocycles. The first-order chi connectivity index (χ1) is 6.77. The van der Waals surface area contributed by atoms with E-state index in [1.807, 2.05) is 6.92 Å². The summed E-state index contributed by atoms with van der Waals surface area (Å²) >= 11 is 0. The summed E-state index contributed by atoms with van der Waals surface area (Å²) < 4.78 is 5.01. The zero-order valence-corrected chi connectivity index (χ0v) is 11.0. The van der Waals surface area contributed by atoms with E-state index < -0.39 is 10.0 Å². The molecule has 0 spiro atoms. The normalized spacial score (nSPS) is 14.4. The van der Waals surface area contributed by atoms with E-state index in [2.05, 4.69) is 19.1 Å². The molecular formula is C11H21BO2S. The summed E-state index contributed by atoms with van der Waals surface area (Å²) in [5, 5.41) is 0.231. The van der Waals surface area contributed by atoms with E-state index in [0.29, 0.717) is 12.2 Å². The smallest absolute Gasteiger partial charge is 0.333 e. The zero-order chi connectivity index (χ0) is 12.1.